The van der Waals surface area contributed by atoms with Gasteiger partial charge >= 0.3 is 5.97 Å². The Morgan fingerprint density at radius 3 is 2.33 bits per heavy atom. The molecule has 0 unspecified atom stereocenters. The lowest BCUT2D eigenvalue weighted by atomic mass is 9.79. The Bertz CT molecular complexity index is 1020. The van der Waals surface area contributed by atoms with Crippen LogP contribution in [0.2, 0.25) is 0 Å². The summed E-state index contributed by atoms with van der Waals surface area (Å²) in [4.78, 5) is 37.5. The van der Waals surface area contributed by atoms with Crippen molar-refractivity contribution in [2.24, 2.45) is 23.7 Å². The van der Waals surface area contributed by atoms with Crippen LogP contribution in [0.25, 0.3) is 0 Å². The Kier molecular flexibility index (Phi) is 4.38. The van der Waals surface area contributed by atoms with Gasteiger partial charge in [0.15, 0.2) is 0 Å². The Hall–Kier alpha value is -3.15. The standard InChI is InChI=1S/C24H24N2O4/c1-12-7-13(2)9-17(8-12)26-22(27)14-3-5-16(6-4-14)25-23(28)20-15-10-18-19(11-15)30-24(29)21(18)20/h3-9,15,18-21H,10-11H2,1-2H3,(H,25,28)(H,26,27)/t15-,18-,19-,20+,21+/m1/s1. The van der Waals surface area contributed by atoms with Gasteiger partial charge in [-0.2, -0.15) is 0 Å². The third-order valence-electron chi connectivity index (χ3n) is 6.68. The molecule has 3 fully saturated rings. The second-order valence-electron chi connectivity index (χ2n) is 8.82. The maximum Gasteiger partial charge on any atom is 0.310 e. The van der Waals surface area contributed by atoms with Crippen LogP contribution in [0, 0.1) is 37.5 Å². The van der Waals surface area contributed by atoms with Crippen molar-refractivity contribution < 1.29 is 19.1 Å². The van der Waals surface area contributed by atoms with Crippen molar-refractivity contribution in [1.29, 1.82) is 0 Å². The molecule has 0 radical (unpaired) electrons. The average Bonchev–Trinajstić information content (AvgIpc) is 3.30. The number of carbonyl (C=O) groups is 3. The Labute approximate surface area is 175 Å². The zero-order valence-corrected chi connectivity index (χ0v) is 17.0. The molecule has 30 heavy (non-hydrogen) atoms. The summed E-state index contributed by atoms with van der Waals surface area (Å²) in [5, 5.41) is 5.83. The monoisotopic (exact) mass is 404 g/mol. The van der Waals surface area contributed by atoms with Crippen LogP contribution in [0.1, 0.15) is 34.3 Å². The van der Waals surface area contributed by atoms with Gasteiger partial charge in [0.2, 0.25) is 5.91 Å². The largest absolute Gasteiger partial charge is 0.462 e. The van der Waals surface area contributed by atoms with Crippen molar-refractivity contribution in [2.75, 3.05) is 10.6 Å². The number of aryl methyl sites for hydroxylation is 2. The molecule has 2 amide bonds. The Balaban J connectivity index is 1.25. The van der Waals surface area contributed by atoms with Gasteiger partial charge in [-0.05, 0) is 80.1 Å². The molecule has 5 rings (SSSR count). The van der Waals surface area contributed by atoms with Crippen LogP contribution in [0.5, 0.6) is 0 Å². The summed E-state index contributed by atoms with van der Waals surface area (Å²) in [5.74, 6) is -0.731. The predicted octanol–water partition coefficient (Wildman–Crippen LogP) is 3.69. The molecule has 2 N–H and O–H groups in total. The number of anilines is 2. The van der Waals surface area contributed by atoms with Gasteiger partial charge in [0.05, 0.1) is 11.8 Å². The normalized spacial score (nSPS) is 28.3. The molecule has 6 nitrogen and oxygen atoms in total. The predicted molar refractivity (Wildman–Crippen MR) is 112 cm³/mol. The molecule has 1 aliphatic heterocycles. The summed E-state index contributed by atoms with van der Waals surface area (Å²) in [6, 6.07) is 12.7. The molecule has 2 saturated carbocycles. The lowest BCUT2D eigenvalue weighted by Gasteiger charge is -2.23. The smallest absolute Gasteiger partial charge is 0.310 e. The fraction of sp³-hybridized carbons (Fsp3) is 0.375. The van der Waals surface area contributed by atoms with E-state index in [4.69, 9.17) is 4.74 Å². The van der Waals surface area contributed by atoms with Crippen LogP contribution in [-0.4, -0.2) is 23.9 Å². The van der Waals surface area contributed by atoms with E-state index in [-0.39, 0.29) is 47.6 Å². The van der Waals surface area contributed by atoms with Gasteiger partial charge in [-0.25, -0.2) is 0 Å². The van der Waals surface area contributed by atoms with E-state index in [1.54, 1.807) is 24.3 Å². The lowest BCUT2D eigenvalue weighted by Crippen LogP contribution is -2.35. The van der Waals surface area contributed by atoms with Crippen LogP contribution >= 0.6 is 0 Å². The number of amides is 2. The highest BCUT2D eigenvalue weighted by molar-refractivity contribution is 6.05. The molecule has 1 saturated heterocycles. The number of esters is 1. The molecule has 5 atom stereocenters. The zero-order chi connectivity index (χ0) is 21.0. The van der Waals surface area contributed by atoms with Gasteiger partial charge in [0.25, 0.3) is 5.91 Å². The van der Waals surface area contributed by atoms with Crippen molar-refractivity contribution in [3.63, 3.8) is 0 Å². The van der Waals surface area contributed by atoms with E-state index < -0.39 is 0 Å². The molecule has 3 aliphatic rings. The van der Waals surface area contributed by atoms with Crippen molar-refractivity contribution in [3.05, 3.63) is 59.2 Å². The van der Waals surface area contributed by atoms with Crippen LogP contribution in [-0.2, 0) is 14.3 Å². The average molecular weight is 404 g/mol. The number of hydrogen-bond acceptors (Lipinski definition) is 4. The van der Waals surface area contributed by atoms with E-state index in [0.717, 1.165) is 29.7 Å². The molecule has 0 spiro atoms. The molecule has 2 bridgehead atoms. The highest BCUT2D eigenvalue weighted by Gasteiger charge is 2.63. The second kappa shape index (κ2) is 6.97. The van der Waals surface area contributed by atoms with E-state index in [2.05, 4.69) is 16.7 Å². The summed E-state index contributed by atoms with van der Waals surface area (Å²) >= 11 is 0. The number of ether oxygens (including phenoxy) is 1. The number of benzene rings is 2. The van der Waals surface area contributed by atoms with E-state index >= 15 is 0 Å². The number of nitrogens with one attached hydrogen (secondary N) is 2. The first-order valence-electron chi connectivity index (χ1n) is 10.4. The number of fused-ring (bicyclic) bond motifs is 1. The highest BCUT2D eigenvalue weighted by atomic mass is 16.6. The first kappa shape index (κ1) is 18.9. The quantitative estimate of drug-likeness (QED) is 0.761. The molecule has 154 valence electrons. The molecular weight excluding hydrogens is 380 g/mol. The molecule has 6 heteroatoms. The van der Waals surface area contributed by atoms with E-state index in [1.807, 2.05) is 26.0 Å². The maximum absolute atomic E-state index is 12.9. The first-order valence-corrected chi connectivity index (χ1v) is 10.4. The molecule has 2 aliphatic carbocycles. The van der Waals surface area contributed by atoms with E-state index in [0.29, 0.717) is 11.3 Å². The third-order valence-corrected chi connectivity index (χ3v) is 6.68. The number of hydrogen-bond donors (Lipinski definition) is 2. The minimum Gasteiger partial charge on any atom is -0.462 e. The summed E-state index contributed by atoms with van der Waals surface area (Å²) in [7, 11) is 0. The van der Waals surface area contributed by atoms with Crippen molar-refractivity contribution in [1.82, 2.24) is 0 Å². The minimum absolute atomic E-state index is 0.0199. The summed E-state index contributed by atoms with van der Waals surface area (Å²) in [5.41, 5.74) is 4.05. The maximum atomic E-state index is 12.9. The van der Waals surface area contributed by atoms with Gasteiger partial charge in [-0.1, -0.05) is 6.07 Å². The van der Waals surface area contributed by atoms with Crippen molar-refractivity contribution in [2.45, 2.75) is 32.8 Å². The van der Waals surface area contributed by atoms with E-state index in [1.165, 1.54) is 0 Å². The SMILES string of the molecule is Cc1cc(C)cc(NC(=O)c2ccc(NC(=O)[C@H]3[C@@H]4C[C@H]5[C@@H]3C(=O)O[C@@H]5C4)cc2)c1. The minimum atomic E-state index is -0.311. The van der Waals surface area contributed by atoms with Crippen molar-refractivity contribution >= 4 is 29.2 Å². The van der Waals surface area contributed by atoms with Crippen LogP contribution in [0.4, 0.5) is 11.4 Å². The van der Waals surface area contributed by atoms with Crippen LogP contribution in [0.3, 0.4) is 0 Å². The molecule has 2 aromatic rings. The van der Waals surface area contributed by atoms with E-state index in [9.17, 15) is 14.4 Å². The summed E-state index contributed by atoms with van der Waals surface area (Å²) < 4.78 is 5.41. The first-order chi connectivity index (χ1) is 14.4. The summed E-state index contributed by atoms with van der Waals surface area (Å²) in [6.07, 6.45) is 1.71. The summed E-state index contributed by atoms with van der Waals surface area (Å²) in [6.45, 7) is 3.98. The molecule has 1 heterocycles. The number of carbonyl (C=O) groups excluding carboxylic acids is 3. The van der Waals surface area contributed by atoms with Crippen LogP contribution in [0.15, 0.2) is 42.5 Å². The van der Waals surface area contributed by atoms with Crippen LogP contribution < -0.4 is 10.6 Å². The fourth-order valence-corrected chi connectivity index (χ4v) is 5.54. The van der Waals surface area contributed by atoms with Gasteiger partial charge in [-0.15, -0.1) is 0 Å². The lowest BCUT2D eigenvalue weighted by molar-refractivity contribution is -0.145. The fourth-order valence-electron chi connectivity index (χ4n) is 5.54. The second-order valence-corrected chi connectivity index (χ2v) is 8.82. The third kappa shape index (κ3) is 3.16. The highest BCUT2D eigenvalue weighted by Crippen LogP contribution is 2.57. The van der Waals surface area contributed by atoms with Gasteiger partial charge in [-0.3, -0.25) is 14.4 Å². The molecule has 2 aromatic carbocycles. The van der Waals surface area contributed by atoms with Crippen molar-refractivity contribution in [3.8, 4) is 0 Å². The molecule has 0 aromatic heterocycles. The number of rotatable bonds is 4. The Morgan fingerprint density at radius 2 is 1.63 bits per heavy atom. The Morgan fingerprint density at radius 1 is 0.933 bits per heavy atom. The van der Waals surface area contributed by atoms with Gasteiger partial charge < -0.3 is 15.4 Å². The zero-order valence-electron chi connectivity index (χ0n) is 17.0. The van der Waals surface area contributed by atoms with Gasteiger partial charge in [0.1, 0.15) is 6.10 Å². The topological polar surface area (TPSA) is 84.5 Å². The molecular formula is C24H24N2O4. The van der Waals surface area contributed by atoms with Gasteiger partial charge in [0, 0.05) is 22.9 Å².